The first kappa shape index (κ1) is 17.5. The number of methoxy groups -OCH3 is 1. The standard InChI is InChI=1S/C18H21N3O3/c1-3-4-11-24-16-6-5-14(12-17(16)23-2)13-20-21-18(22)15-7-9-19-10-8-15/h5-10,12-13H,3-4,11H2,1-2H3,(H,21,22)/b20-13+. The Bertz CT molecular complexity index is 687. The summed E-state index contributed by atoms with van der Waals surface area (Å²) in [5, 5.41) is 3.96. The number of carbonyl (C=O) groups excluding carboxylic acids is 1. The van der Waals surface area contributed by atoms with E-state index in [9.17, 15) is 4.79 Å². The molecule has 2 aromatic rings. The minimum Gasteiger partial charge on any atom is -0.493 e. The molecule has 0 fully saturated rings. The van der Waals surface area contributed by atoms with E-state index in [2.05, 4.69) is 22.4 Å². The van der Waals surface area contributed by atoms with Crippen LogP contribution in [0.25, 0.3) is 0 Å². The summed E-state index contributed by atoms with van der Waals surface area (Å²) in [4.78, 5) is 15.7. The van der Waals surface area contributed by atoms with Gasteiger partial charge in [0.25, 0.3) is 5.91 Å². The molecule has 0 aliphatic rings. The Kier molecular flexibility index (Phi) is 6.76. The maximum Gasteiger partial charge on any atom is 0.271 e. The van der Waals surface area contributed by atoms with Crippen molar-refractivity contribution in [3.8, 4) is 11.5 Å². The van der Waals surface area contributed by atoms with E-state index in [4.69, 9.17) is 9.47 Å². The Morgan fingerprint density at radius 3 is 2.75 bits per heavy atom. The number of benzene rings is 1. The molecule has 0 atom stereocenters. The fourth-order valence-corrected chi connectivity index (χ4v) is 1.94. The molecule has 0 spiro atoms. The van der Waals surface area contributed by atoms with E-state index in [0.717, 1.165) is 18.4 Å². The van der Waals surface area contributed by atoms with Crippen LogP contribution in [0, 0.1) is 0 Å². The molecule has 1 aromatic heterocycles. The van der Waals surface area contributed by atoms with Crippen molar-refractivity contribution in [2.45, 2.75) is 19.8 Å². The zero-order valence-corrected chi connectivity index (χ0v) is 13.9. The lowest BCUT2D eigenvalue weighted by molar-refractivity contribution is 0.0955. The third-order valence-corrected chi connectivity index (χ3v) is 3.27. The topological polar surface area (TPSA) is 72.8 Å². The van der Waals surface area contributed by atoms with Crippen LogP contribution in [-0.4, -0.2) is 30.8 Å². The van der Waals surface area contributed by atoms with Gasteiger partial charge in [-0.3, -0.25) is 9.78 Å². The number of hydrogen-bond donors (Lipinski definition) is 1. The molecule has 0 unspecified atom stereocenters. The first-order chi connectivity index (χ1) is 11.7. The SMILES string of the molecule is CCCCOc1ccc(/C=N/NC(=O)c2ccncc2)cc1OC. The summed E-state index contributed by atoms with van der Waals surface area (Å²) in [6, 6.07) is 8.74. The predicted octanol–water partition coefficient (Wildman–Crippen LogP) is 3.03. The highest BCUT2D eigenvalue weighted by Gasteiger charge is 2.05. The van der Waals surface area contributed by atoms with Crippen LogP contribution >= 0.6 is 0 Å². The Balaban J connectivity index is 1.98. The maximum absolute atomic E-state index is 11.9. The van der Waals surface area contributed by atoms with Gasteiger partial charge in [-0.25, -0.2) is 5.43 Å². The van der Waals surface area contributed by atoms with E-state index in [1.165, 1.54) is 0 Å². The monoisotopic (exact) mass is 327 g/mol. The fraction of sp³-hybridized carbons (Fsp3) is 0.278. The second kappa shape index (κ2) is 9.29. The quantitative estimate of drug-likeness (QED) is 0.459. The van der Waals surface area contributed by atoms with E-state index in [1.54, 1.807) is 37.9 Å². The summed E-state index contributed by atoms with van der Waals surface area (Å²) in [6.07, 6.45) is 6.73. The van der Waals surface area contributed by atoms with Crippen molar-refractivity contribution in [3.63, 3.8) is 0 Å². The minimum atomic E-state index is -0.292. The molecule has 0 bridgehead atoms. The second-order valence-corrected chi connectivity index (χ2v) is 5.05. The molecule has 2 rings (SSSR count). The Labute approximate surface area is 141 Å². The van der Waals surface area contributed by atoms with E-state index in [-0.39, 0.29) is 5.91 Å². The molecule has 0 saturated heterocycles. The molecule has 1 heterocycles. The highest BCUT2D eigenvalue weighted by Crippen LogP contribution is 2.27. The largest absolute Gasteiger partial charge is 0.493 e. The van der Waals surface area contributed by atoms with Crippen molar-refractivity contribution < 1.29 is 14.3 Å². The molecule has 0 saturated carbocycles. The van der Waals surface area contributed by atoms with Gasteiger partial charge in [-0.1, -0.05) is 13.3 Å². The number of ether oxygens (including phenoxy) is 2. The Hall–Kier alpha value is -2.89. The first-order valence-electron chi connectivity index (χ1n) is 7.79. The lowest BCUT2D eigenvalue weighted by Gasteiger charge is -2.10. The Morgan fingerprint density at radius 2 is 2.04 bits per heavy atom. The highest BCUT2D eigenvalue weighted by molar-refractivity contribution is 5.94. The molecule has 0 radical (unpaired) electrons. The number of amides is 1. The molecule has 0 aliphatic heterocycles. The minimum absolute atomic E-state index is 0.292. The summed E-state index contributed by atoms with van der Waals surface area (Å²) in [7, 11) is 1.59. The van der Waals surface area contributed by atoms with Crippen LogP contribution in [-0.2, 0) is 0 Å². The predicted molar refractivity (Wildman–Crippen MR) is 92.7 cm³/mol. The van der Waals surface area contributed by atoms with Gasteiger partial charge in [-0.15, -0.1) is 0 Å². The smallest absolute Gasteiger partial charge is 0.271 e. The molecule has 1 N–H and O–H groups in total. The van der Waals surface area contributed by atoms with E-state index >= 15 is 0 Å². The van der Waals surface area contributed by atoms with E-state index in [0.29, 0.717) is 23.7 Å². The van der Waals surface area contributed by atoms with Crippen molar-refractivity contribution in [3.05, 3.63) is 53.9 Å². The lowest BCUT2D eigenvalue weighted by atomic mass is 10.2. The van der Waals surface area contributed by atoms with Crippen LogP contribution in [0.3, 0.4) is 0 Å². The highest BCUT2D eigenvalue weighted by atomic mass is 16.5. The molecular weight excluding hydrogens is 306 g/mol. The number of hydrogen-bond acceptors (Lipinski definition) is 5. The van der Waals surface area contributed by atoms with Crippen LogP contribution in [0.5, 0.6) is 11.5 Å². The number of pyridine rings is 1. The number of hydrazone groups is 1. The van der Waals surface area contributed by atoms with Crippen molar-refractivity contribution >= 4 is 12.1 Å². The summed E-state index contributed by atoms with van der Waals surface area (Å²) in [6.45, 7) is 2.77. The second-order valence-electron chi connectivity index (χ2n) is 5.05. The van der Waals surface area contributed by atoms with Gasteiger partial charge in [0.05, 0.1) is 19.9 Å². The van der Waals surface area contributed by atoms with Gasteiger partial charge < -0.3 is 9.47 Å². The third kappa shape index (κ3) is 5.08. The molecule has 6 nitrogen and oxygen atoms in total. The van der Waals surface area contributed by atoms with Crippen LogP contribution in [0.1, 0.15) is 35.7 Å². The van der Waals surface area contributed by atoms with Crippen molar-refractivity contribution in [2.24, 2.45) is 5.10 Å². The lowest BCUT2D eigenvalue weighted by Crippen LogP contribution is -2.17. The molecule has 24 heavy (non-hydrogen) atoms. The van der Waals surface area contributed by atoms with Crippen LogP contribution < -0.4 is 14.9 Å². The number of rotatable bonds is 8. The van der Waals surface area contributed by atoms with E-state index < -0.39 is 0 Å². The van der Waals surface area contributed by atoms with Gasteiger partial charge in [0, 0.05) is 18.0 Å². The van der Waals surface area contributed by atoms with Crippen LogP contribution in [0.15, 0.2) is 47.8 Å². The summed E-state index contributed by atoms with van der Waals surface area (Å²) in [5.74, 6) is 1.04. The number of carbonyl (C=O) groups is 1. The van der Waals surface area contributed by atoms with Crippen molar-refractivity contribution in [2.75, 3.05) is 13.7 Å². The average molecular weight is 327 g/mol. The van der Waals surface area contributed by atoms with Crippen LogP contribution in [0.4, 0.5) is 0 Å². The zero-order chi connectivity index (χ0) is 17.2. The molecule has 6 heteroatoms. The number of aromatic nitrogens is 1. The zero-order valence-electron chi connectivity index (χ0n) is 13.9. The van der Waals surface area contributed by atoms with Crippen molar-refractivity contribution in [1.82, 2.24) is 10.4 Å². The number of nitrogens with zero attached hydrogens (tertiary/aromatic N) is 2. The summed E-state index contributed by atoms with van der Waals surface area (Å²) < 4.78 is 11.0. The summed E-state index contributed by atoms with van der Waals surface area (Å²) in [5.41, 5.74) is 3.77. The molecule has 0 aliphatic carbocycles. The fourth-order valence-electron chi connectivity index (χ4n) is 1.94. The maximum atomic E-state index is 11.9. The molecular formula is C18H21N3O3. The van der Waals surface area contributed by atoms with Crippen molar-refractivity contribution in [1.29, 1.82) is 0 Å². The van der Waals surface area contributed by atoms with Gasteiger partial charge in [0.15, 0.2) is 11.5 Å². The number of unbranched alkanes of at least 4 members (excludes halogenated alkanes) is 1. The van der Waals surface area contributed by atoms with Crippen LogP contribution in [0.2, 0.25) is 0 Å². The van der Waals surface area contributed by atoms with Gasteiger partial charge in [-0.2, -0.15) is 5.10 Å². The molecule has 126 valence electrons. The molecule has 1 aromatic carbocycles. The first-order valence-corrected chi connectivity index (χ1v) is 7.79. The Morgan fingerprint density at radius 1 is 1.25 bits per heavy atom. The van der Waals surface area contributed by atoms with Gasteiger partial charge in [0.1, 0.15) is 0 Å². The number of nitrogens with one attached hydrogen (secondary N) is 1. The summed E-state index contributed by atoms with van der Waals surface area (Å²) >= 11 is 0. The third-order valence-electron chi connectivity index (χ3n) is 3.27. The average Bonchev–Trinajstić information content (AvgIpc) is 2.63. The molecule has 1 amide bonds. The van der Waals surface area contributed by atoms with Gasteiger partial charge in [0.2, 0.25) is 0 Å². The van der Waals surface area contributed by atoms with E-state index in [1.807, 2.05) is 18.2 Å². The van der Waals surface area contributed by atoms with Gasteiger partial charge in [-0.05, 0) is 42.3 Å². The van der Waals surface area contributed by atoms with Gasteiger partial charge >= 0.3 is 0 Å². The normalized spacial score (nSPS) is 10.6.